The van der Waals surface area contributed by atoms with Crippen LogP contribution >= 0.6 is 11.6 Å². The van der Waals surface area contributed by atoms with Gasteiger partial charge < -0.3 is 9.47 Å². The molecular weight excluding hydrogens is 271 g/mol. The molecule has 0 bridgehead atoms. The zero-order valence-electron chi connectivity index (χ0n) is 10.9. The SMILES string of the molecule is CC(=O)OCC#CC(C)(C)Oc1ccc(Cl)cc1F. The molecule has 0 atom stereocenters. The van der Waals surface area contributed by atoms with Crippen molar-refractivity contribution in [1.29, 1.82) is 0 Å². The van der Waals surface area contributed by atoms with Crippen LogP contribution in [-0.2, 0) is 9.53 Å². The molecule has 0 unspecified atom stereocenters. The number of ether oxygens (including phenoxy) is 2. The Kier molecular flexibility index (Phi) is 5.20. The van der Waals surface area contributed by atoms with Gasteiger partial charge in [0.05, 0.1) is 0 Å². The van der Waals surface area contributed by atoms with E-state index in [0.717, 1.165) is 0 Å². The maximum absolute atomic E-state index is 13.5. The molecule has 0 N–H and O–H groups in total. The van der Waals surface area contributed by atoms with Crippen LogP contribution in [0.2, 0.25) is 5.02 Å². The van der Waals surface area contributed by atoms with Gasteiger partial charge in [-0.25, -0.2) is 4.39 Å². The van der Waals surface area contributed by atoms with Crippen LogP contribution in [-0.4, -0.2) is 18.2 Å². The molecule has 1 aromatic rings. The summed E-state index contributed by atoms with van der Waals surface area (Å²) in [5.74, 6) is 4.50. The molecule has 0 aliphatic rings. The Hall–Kier alpha value is -1.73. The lowest BCUT2D eigenvalue weighted by Crippen LogP contribution is -2.26. The molecule has 102 valence electrons. The molecule has 19 heavy (non-hydrogen) atoms. The van der Waals surface area contributed by atoms with E-state index in [1.807, 2.05) is 0 Å². The van der Waals surface area contributed by atoms with Crippen molar-refractivity contribution in [3.8, 4) is 17.6 Å². The molecule has 3 nitrogen and oxygen atoms in total. The van der Waals surface area contributed by atoms with Gasteiger partial charge >= 0.3 is 5.97 Å². The first-order valence-electron chi connectivity index (χ1n) is 5.57. The van der Waals surface area contributed by atoms with Gasteiger partial charge in [-0.3, -0.25) is 4.79 Å². The van der Waals surface area contributed by atoms with Gasteiger partial charge in [0.1, 0.15) is 0 Å². The second kappa shape index (κ2) is 6.44. The second-order valence-electron chi connectivity index (χ2n) is 4.27. The molecule has 0 radical (unpaired) electrons. The number of esters is 1. The third kappa shape index (κ3) is 5.62. The fourth-order valence-electron chi connectivity index (χ4n) is 1.25. The number of hydrogen-bond acceptors (Lipinski definition) is 3. The summed E-state index contributed by atoms with van der Waals surface area (Å²) in [6, 6.07) is 4.13. The third-order valence-electron chi connectivity index (χ3n) is 2.00. The molecule has 0 spiro atoms. The van der Waals surface area contributed by atoms with Gasteiger partial charge in [-0.15, -0.1) is 0 Å². The van der Waals surface area contributed by atoms with E-state index in [2.05, 4.69) is 16.6 Å². The molecule has 1 aromatic carbocycles. The van der Waals surface area contributed by atoms with Crippen LogP contribution in [0.15, 0.2) is 18.2 Å². The summed E-state index contributed by atoms with van der Waals surface area (Å²) in [4.78, 5) is 10.6. The van der Waals surface area contributed by atoms with E-state index in [4.69, 9.17) is 16.3 Å². The zero-order valence-corrected chi connectivity index (χ0v) is 11.7. The van der Waals surface area contributed by atoms with Gasteiger partial charge in [0.2, 0.25) is 0 Å². The Morgan fingerprint density at radius 2 is 2.16 bits per heavy atom. The molecule has 0 aromatic heterocycles. The average Bonchev–Trinajstić information content (AvgIpc) is 2.28. The predicted molar refractivity (Wildman–Crippen MR) is 70.5 cm³/mol. The Balaban J connectivity index is 2.70. The highest BCUT2D eigenvalue weighted by Gasteiger charge is 2.18. The normalized spacial score (nSPS) is 10.4. The van der Waals surface area contributed by atoms with Crippen molar-refractivity contribution in [2.24, 2.45) is 0 Å². The largest absolute Gasteiger partial charge is 0.472 e. The monoisotopic (exact) mass is 284 g/mol. The molecule has 1 rings (SSSR count). The first-order chi connectivity index (χ1) is 8.80. The van der Waals surface area contributed by atoms with Crippen LogP contribution in [0.5, 0.6) is 5.75 Å². The quantitative estimate of drug-likeness (QED) is 0.632. The first-order valence-corrected chi connectivity index (χ1v) is 5.95. The molecule has 5 heteroatoms. The third-order valence-corrected chi connectivity index (χ3v) is 2.23. The lowest BCUT2D eigenvalue weighted by molar-refractivity contribution is -0.139. The number of benzene rings is 1. The van der Waals surface area contributed by atoms with Crippen molar-refractivity contribution < 1.29 is 18.7 Å². The van der Waals surface area contributed by atoms with Gasteiger partial charge in [-0.1, -0.05) is 23.4 Å². The molecule has 0 saturated carbocycles. The lowest BCUT2D eigenvalue weighted by atomic mass is 10.1. The van der Waals surface area contributed by atoms with E-state index in [1.165, 1.54) is 25.1 Å². The number of carbonyl (C=O) groups is 1. The topological polar surface area (TPSA) is 35.5 Å². The van der Waals surface area contributed by atoms with Crippen molar-refractivity contribution in [1.82, 2.24) is 0 Å². The smallest absolute Gasteiger partial charge is 0.303 e. The van der Waals surface area contributed by atoms with Gasteiger partial charge in [0.25, 0.3) is 0 Å². The summed E-state index contributed by atoms with van der Waals surface area (Å²) in [7, 11) is 0. The summed E-state index contributed by atoms with van der Waals surface area (Å²) >= 11 is 5.65. The Morgan fingerprint density at radius 1 is 1.47 bits per heavy atom. The highest BCUT2D eigenvalue weighted by molar-refractivity contribution is 6.30. The standard InChI is InChI=1S/C14H14ClFO3/c1-10(17)18-8-4-7-14(2,3)19-13-6-5-11(15)9-12(13)16/h5-6,9H,8H2,1-3H3. The molecule has 0 fully saturated rings. The zero-order chi connectivity index (χ0) is 14.5. The second-order valence-corrected chi connectivity index (χ2v) is 4.71. The first kappa shape index (κ1) is 15.3. The Bertz CT molecular complexity index is 529. The van der Waals surface area contributed by atoms with Crippen molar-refractivity contribution >= 4 is 17.6 Å². The molecule has 0 saturated heterocycles. The summed E-state index contributed by atoms with van der Waals surface area (Å²) in [5.41, 5.74) is -0.908. The van der Waals surface area contributed by atoms with Crippen LogP contribution in [0.1, 0.15) is 20.8 Å². The van der Waals surface area contributed by atoms with E-state index >= 15 is 0 Å². The van der Waals surface area contributed by atoms with E-state index in [-0.39, 0.29) is 12.4 Å². The van der Waals surface area contributed by atoms with Crippen molar-refractivity contribution in [2.75, 3.05) is 6.61 Å². The van der Waals surface area contributed by atoms with Crippen LogP contribution in [0.4, 0.5) is 4.39 Å². The molecular formula is C14H14ClFO3. The van der Waals surface area contributed by atoms with Crippen LogP contribution in [0, 0.1) is 17.7 Å². The highest BCUT2D eigenvalue weighted by Crippen LogP contribution is 2.24. The van der Waals surface area contributed by atoms with E-state index in [0.29, 0.717) is 5.02 Å². The number of rotatable bonds is 3. The minimum atomic E-state index is -0.908. The summed E-state index contributed by atoms with van der Waals surface area (Å²) < 4.78 is 23.7. The van der Waals surface area contributed by atoms with Crippen molar-refractivity contribution in [3.63, 3.8) is 0 Å². The van der Waals surface area contributed by atoms with Crippen LogP contribution in [0.25, 0.3) is 0 Å². The summed E-state index contributed by atoms with van der Waals surface area (Å²) in [6.07, 6.45) is 0. The van der Waals surface area contributed by atoms with Crippen LogP contribution in [0.3, 0.4) is 0 Å². The van der Waals surface area contributed by atoms with E-state index in [1.54, 1.807) is 13.8 Å². The Labute approximate surface area is 116 Å². The fraction of sp³-hybridized carbons (Fsp3) is 0.357. The average molecular weight is 285 g/mol. The minimum absolute atomic E-state index is 0.0226. The van der Waals surface area contributed by atoms with Gasteiger partial charge in [0.15, 0.2) is 23.8 Å². The number of halogens is 2. The van der Waals surface area contributed by atoms with Crippen LogP contribution < -0.4 is 4.74 Å². The molecule has 0 aliphatic carbocycles. The van der Waals surface area contributed by atoms with Crippen molar-refractivity contribution in [3.05, 3.63) is 29.0 Å². The maximum atomic E-state index is 13.5. The highest BCUT2D eigenvalue weighted by atomic mass is 35.5. The minimum Gasteiger partial charge on any atom is -0.472 e. The predicted octanol–water partition coefficient (Wildman–Crippen LogP) is 3.20. The van der Waals surface area contributed by atoms with E-state index < -0.39 is 17.4 Å². The maximum Gasteiger partial charge on any atom is 0.303 e. The molecule has 0 heterocycles. The van der Waals surface area contributed by atoms with Gasteiger partial charge in [-0.05, 0) is 32.0 Å². The Morgan fingerprint density at radius 3 is 2.74 bits per heavy atom. The van der Waals surface area contributed by atoms with E-state index in [9.17, 15) is 9.18 Å². The van der Waals surface area contributed by atoms with Crippen molar-refractivity contribution in [2.45, 2.75) is 26.4 Å². The van der Waals surface area contributed by atoms with Gasteiger partial charge in [0, 0.05) is 11.9 Å². The molecule has 0 aliphatic heterocycles. The number of carbonyl (C=O) groups excluding carboxylic acids is 1. The fourth-order valence-corrected chi connectivity index (χ4v) is 1.40. The summed E-state index contributed by atoms with van der Waals surface area (Å²) in [5, 5.41) is 0.295. The number of hydrogen-bond donors (Lipinski definition) is 0. The summed E-state index contributed by atoms with van der Waals surface area (Å²) in [6.45, 7) is 4.64. The van der Waals surface area contributed by atoms with Gasteiger partial charge in [-0.2, -0.15) is 0 Å². The lowest BCUT2D eigenvalue weighted by Gasteiger charge is -2.20. The molecule has 0 amide bonds.